The van der Waals surface area contributed by atoms with E-state index >= 15 is 0 Å². The van der Waals surface area contributed by atoms with Crippen molar-refractivity contribution in [2.75, 3.05) is 17.4 Å². The summed E-state index contributed by atoms with van der Waals surface area (Å²) in [4.78, 5) is 29.1. The van der Waals surface area contributed by atoms with Gasteiger partial charge in [0.2, 0.25) is 11.8 Å². The van der Waals surface area contributed by atoms with Crippen molar-refractivity contribution in [3.05, 3.63) is 95.1 Å². The number of nitrogens with zero attached hydrogens (tertiary/aromatic N) is 2. The molecule has 0 aliphatic heterocycles. The Hall–Kier alpha value is -3.65. The fourth-order valence-electron chi connectivity index (χ4n) is 4.66. The average molecular weight is 564 g/mol. The molecule has 1 N–H and O–H groups in total. The molecule has 0 bridgehead atoms. The highest BCUT2D eigenvalue weighted by atomic mass is 32.2. The van der Waals surface area contributed by atoms with Crippen LogP contribution in [-0.4, -0.2) is 44.3 Å². The number of sulfonamides is 1. The van der Waals surface area contributed by atoms with Gasteiger partial charge in [-0.3, -0.25) is 13.9 Å². The maximum absolute atomic E-state index is 14.2. The number of carbonyl (C=O) groups is 2. The van der Waals surface area contributed by atoms with Gasteiger partial charge in [0, 0.05) is 13.1 Å². The molecule has 0 saturated heterocycles. The van der Waals surface area contributed by atoms with Crippen LogP contribution in [0.25, 0.3) is 0 Å². The summed E-state index contributed by atoms with van der Waals surface area (Å²) >= 11 is 0. The van der Waals surface area contributed by atoms with E-state index < -0.39 is 28.5 Å². The van der Waals surface area contributed by atoms with Crippen molar-refractivity contribution in [3.8, 4) is 0 Å². The zero-order chi connectivity index (χ0) is 29.4. The first-order valence-electron chi connectivity index (χ1n) is 13.7. The summed E-state index contributed by atoms with van der Waals surface area (Å²) in [6.45, 7) is 11.8. The fourth-order valence-corrected chi connectivity index (χ4v) is 6.07. The maximum atomic E-state index is 14.2. The lowest BCUT2D eigenvalue weighted by atomic mass is 10.1. The summed E-state index contributed by atoms with van der Waals surface area (Å²) in [5.74, 6) is -0.450. The number of aryl methyl sites for hydroxylation is 3. The molecular formula is C32H41N3O4S. The van der Waals surface area contributed by atoms with Crippen LogP contribution in [0.5, 0.6) is 0 Å². The molecule has 7 nitrogen and oxygen atoms in total. The first-order valence-corrected chi connectivity index (χ1v) is 15.2. The third-order valence-electron chi connectivity index (χ3n) is 6.78. The van der Waals surface area contributed by atoms with Crippen molar-refractivity contribution in [2.24, 2.45) is 5.92 Å². The summed E-state index contributed by atoms with van der Waals surface area (Å²) < 4.78 is 29.1. The SMILES string of the molecule is CC[C@@H](C(=O)NCC(C)C)N(Cc1ccccc1C)C(=O)CN(c1cc(C)cc(C)c1)S(=O)(=O)c1ccccc1. The summed E-state index contributed by atoms with van der Waals surface area (Å²) in [6.07, 6.45) is 0.385. The van der Waals surface area contributed by atoms with Gasteiger partial charge in [0.25, 0.3) is 10.0 Å². The minimum absolute atomic E-state index is 0.0918. The van der Waals surface area contributed by atoms with Gasteiger partial charge in [-0.25, -0.2) is 8.42 Å². The molecule has 40 heavy (non-hydrogen) atoms. The van der Waals surface area contributed by atoms with Crippen LogP contribution in [0, 0.1) is 26.7 Å². The van der Waals surface area contributed by atoms with Crippen LogP contribution < -0.4 is 9.62 Å². The molecule has 1 atom stereocenters. The van der Waals surface area contributed by atoms with Crippen molar-refractivity contribution in [3.63, 3.8) is 0 Å². The topological polar surface area (TPSA) is 86.8 Å². The van der Waals surface area contributed by atoms with Crippen LogP contribution in [0.3, 0.4) is 0 Å². The van der Waals surface area contributed by atoms with Crippen LogP contribution in [0.4, 0.5) is 5.69 Å². The lowest BCUT2D eigenvalue weighted by Gasteiger charge is -2.33. The van der Waals surface area contributed by atoms with E-state index in [2.05, 4.69) is 5.32 Å². The third-order valence-corrected chi connectivity index (χ3v) is 8.56. The van der Waals surface area contributed by atoms with Gasteiger partial charge in [-0.2, -0.15) is 0 Å². The van der Waals surface area contributed by atoms with Crippen molar-refractivity contribution >= 4 is 27.5 Å². The fraction of sp³-hybridized carbons (Fsp3) is 0.375. The van der Waals surface area contributed by atoms with E-state index in [1.807, 2.05) is 71.9 Å². The first kappa shape index (κ1) is 30.9. The van der Waals surface area contributed by atoms with E-state index in [9.17, 15) is 18.0 Å². The highest BCUT2D eigenvalue weighted by Gasteiger charge is 2.34. The van der Waals surface area contributed by atoms with Crippen LogP contribution in [0.15, 0.2) is 77.7 Å². The summed E-state index contributed by atoms with van der Waals surface area (Å²) in [5.41, 5.74) is 4.05. The number of carbonyl (C=O) groups excluding carboxylic acids is 2. The molecular weight excluding hydrogens is 522 g/mol. The van der Waals surface area contributed by atoms with E-state index in [0.29, 0.717) is 18.7 Å². The molecule has 0 aromatic heterocycles. The lowest BCUT2D eigenvalue weighted by Crippen LogP contribution is -2.52. The van der Waals surface area contributed by atoms with Gasteiger partial charge in [0.05, 0.1) is 10.6 Å². The smallest absolute Gasteiger partial charge is 0.264 e. The number of hydrogen-bond acceptors (Lipinski definition) is 4. The largest absolute Gasteiger partial charge is 0.354 e. The Morgan fingerprint density at radius 1 is 0.875 bits per heavy atom. The van der Waals surface area contributed by atoms with Crippen molar-refractivity contribution in [2.45, 2.75) is 65.4 Å². The summed E-state index contributed by atoms with van der Waals surface area (Å²) in [5, 5.41) is 2.96. The molecule has 3 aromatic rings. The predicted molar refractivity (Wildman–Crippen MR) is 161 cm³/mol. The molecule has 8 heteroatoms. The summed E-state index contributed by atoms with van der Waals surface area (Å²) in [7, 11) is -4.09. The van der Waals surface area contributed by atoms with Crippen LogP contribution in [0.1, 0.15) is 49.4 Å². The van der Waals surface area contributed by atoms with Crippen LogP contribution in [-0.2, 0) is 26.2 Å². The monoisotopic (exact) mass is 563 g/mol. The average Bonchev–Trinajstić information content (AvgIpc) is 2.91. The van der Waals surface area contributed by atoms with Crippen molar-refractivity contribution in [1.82, 2.24) is 10.2 Å². The second kappa shape index (κ2) is 13.6. The van der Waals surface area contributed by atoms with Crippen molar-refractivity contribution in [1.29, 1.82) is 0 Å². The highest BCUT2D eigenvalue weighted by Crippen LogP contribution is 2.27. The Morgan fingerprint density at radius 2 is 1.48 bits per heavy atom. The second-order valence-corrected chi connectivity index (χ2v) is 12.5. The van der Waals surface area contributed by atoms with Crippen LogP contribution >= 0.6 is 0 Å². The minimum atomic E-state index is -4.09. The van der Waals surface area contributed by atoms with Gasteiger partial charge >= 0.3 is 0 Å². The molecule has 0 spiro atoms. The lowest BCUT2D eigenvalue weighted by molar-refractivity contribution is -0.140. The van der Waals surface area contributed by atoms with E-state index in [1.165, 1.54) is 17.0 Å². The molecule has 214 valence electrons. The molecule has 0 saturated carbocycles. The molecule has 0 radical (unpaired) electrons. The molecule has 3 aromatic carbocycles. The molecule has 3 rings (SSSR count). The second-order valence-electron chi connectivity index (χ2n) is 10.7. The Balaban J connectivity index is 2.08. The first-order chi connectivity index (χ1) is 18.9. The Kier molecular flexibility index (Phi) is 10.5. The molecule has 0 heterocycles. The quantitative estimate of drug-likeness (QED) is 0.320. The van der Waals surface area contributed by atoms with Gasteiger partial charge in [0.15, 0.2) is 0 Å². The number of hydrogen-bond donors (Lipinski definition) is 1. The van der Waals surface area contributed by atoms with Crippen LogP contribution in [0.2, 0.25) is 0 Å². The van der Waals surface area contributed by atoms with Gasteiger partial charge in [0.1, 0.15) is 12.6 Å². The molecule has 0 unspecified atom stereocenters. The Labute approximate surface area is 239 Å². The Bertz CT molecular complexity index is 1400. The molecule has 0 aliphatic carbocycles. The zero-order valence-electron chi connectivity index (χ0n) is 24.3. The normalized spacial score (nSPS) is 12.2. The van der Waals surface area contributed by atoms with Crippen molar-refractivity contribution < 1.29 is 18.0 Å². The maximum Gasteiger partial charge on any atom is 0.264 e. The Morgan fingerprint density at radius 3 is 2.05 bits per heavy atom. The number of rotatable bonds is 12. The van der Waals surface area contributed by atoms with Gasteiger partial charge in [-0.05, 0) is 79.6 Å². The van der Waals surface area contributed by atoms with E-state index in [1.54, 1.807) is 30.3 Å². The number of nitrogens with one attached hydrogen (secondary N) is 1. The van der Waals surface area contributed by atoms with Gasteiger partial charge in [-0.1, -0.05) is 69.3 Å². The van der Waals surface area contributed by atoms with E-state index in [4.69, 9.17) is 0 Å². The highest BCUT2D eigenvalue weighted by molar-refractivity contribution is 7.92. The van der Waals surface area contributed by atoms with E-state index in [-0.39, 0.29) is 23.3 Å². The number of benzene rings is 3. The third kappa shape index (κ3) is 7.72. The van der Waals surface area contributed by atoms with E-state index in [0.717, 1.165) is 26.6 Å². The number of amides is 2. The molecule has 0 fully saturated rings. The molecule has 2 amide bonds. The molecule has 0 aliphatic rings. The minimum Gasteiger partial charge on any atom is -0.354 e. The summed E-state index contributed by atoms with van der Waals surface area (Å²) in [6, 6.07) is 20.5. The van der Waals surface area contributed by atoms with Gasteiger partial charge < -0.3 is 10.2 Å². The standard InChI is InChI=1S/C32H41N3O4S/c1-7-30(32(37)33-20-23(2)3)34(21-27-14-12-11-13-26(27)6)31(36)22-35(28-18-24(4)17-25(5)19-28)40(38,39)29-15-9-8-10-16-29/h8-19,23,30H,7,20-22H2,1-6H3,(H,33,37)/t30-/m0/s1. The zero-order valence-corrected chi connectivity index (χ0v) is 25.2. The number of anilines is 1. The van der Waals surface area contributed by atoms with Gasteiger partial charge in [-0.15, -0.1) is 0 Å². The predicted octanol–water partition coefficient (Wildman–Crippen LogP) is 5.39.